The number of fused-ring (bicyclic) bond motifs is 1. The van der Waals surface area contributed by atoms with Crippen LogP contribution in [0, 0.1) is 10.2 Å². The molecule has 0 heterocycles. The number of sulfonamides is 1. The van der Waals surface area contributed by atoms with Gasteiger partial charge in [0.05, 0.1) is 37.6 Å². The average molecular weight is 478 g/mol. The van der Waals surface area contributed by atoms with Crippen LogP contribution >= 0.6 is 0 Å². The van der Waals surface area contributed by atoms with Crippen molar-refractivity contribution in [2.24, 2.45) is 0 Å². The van der Waals surface area contributed by atoms with Crippen LogP contribution in [0.3, 0.4) is 0 Å². The van der Waals surface area contributed by atoms with Crippen LogP contribution in [0.5, 0.6) is 0 Å². The number of anilines is 1. The number of hydrogen-bond acceptors (Lipinski definition) is 7. The third kappa shape index (κ3) is 8.17. The molecular formula is C20H32ClN3O6S. The summed E-state index contributed by atoms with van der Waals surface area (Å²) in [6.07, 6.45) is 0. The first kappa shape index (κ1) is 27.5. The largest absolute Gasteiger partial charge is 0.377 e. The highest BCUT2D eigenvalue weighted by atomic mass is 35.7. The Labute approximate surface area is 186 Å². The predicted molar refractivity (Wildman–Crippen MR) is 110 cm³/mol. The molecular weight excluding hydrogens is 446 g/mol. The molecule has 0 aliphatic heterocycles. The summed E-state index contributed by atoms with van der Waals surface area (Å²) >= 11 is 0. The summed E-state index contributed by atoms with van der Waals surface area (Å²) in [4.78, 5) is 2.35. The van der Waals surface area contributed by atoms with Crippen molar-refractivity contribution in [2.45, 2.75) is 25.7 Å². The van der Waals surface area contributed by atoms with Gasteiger partial charge in [0.2, 0.25) is 10.0 Å². The van der Waals surface area contributed by atoms with Gasteiger partial charge in [0.25, 0.3) is 0 Å². The van der Waals surface area contributed by atoms with Crippen molar-refractivity contribution < 1.29 is 41.8 Å². The standard InChI is InChI=1S/C20H32N3O2S.ClHO4/c1-6-23(7-2,8-3)16-15-21-26(24,25)20-14-10-11-17-18(20)12-9-13-19(17)22(4)5;2-1(3,4)5/h9-14,21H,6-8,15-16H2,1-5H3;(H,2,3,4,5)/q+1;/p-1. The molecule has 0 fully saturated rings. The summed E-state index contributed by atoms with van der Waals surface area (Å²) in [5.74, 6) is 0. The van der Waals surface area contributed by atoms with Crippen LogP contribution in [-0.4, -0.2) is 59.7 Å². The lowest BCUT2D eigenvalue weighted by Crippen LogP contribution is -2.68. The van der Waals surface area contributed by atoms with Crippen molar-refractivity contribution in [3.8, 4) is 0 Å². The summed E-state index contributed by atoms with van der Waals surface area (Å²) in [5.41, 5.74) is 1.01. The zero-order valence-electron chi connectivity index (χ0n) is 18.6. The molecule has 0 unspecified atom stereocenters. The van der Waals surface area contributed by atoms with Crippen LogP contribution in [0.25, 0.3) is 10.8 Å². The first-order valence-corrected chi connectivity index (χ1v) is 12.7. The highest BCUT2D eigenvalue weighted by molar-refractivity contribution is 7.89. The Morgan fingerprint density at radius 2 is 1.39 bits per heavy atom. The molecule has 0 amide bonds. The summed E-state index contributed by atoms with van der Waals surface area (Å²) < 4.78 is 63.6. The van der Waals surface area contributed by atoms with E-state index in [0.29, 0.717) is 11.4 Å². The van der Waals surface area contributed by atoms with E-state index >= 15 is 0 Å². The van der Waals surface area contributed by atoms with Gasteiger partial charge in [-0.25, -0.2) is 31.8 Å². The van der Waals surface area contributed by atoms with E-state index in [4.69, 9.17) is 18.6 Å². The van der Waals surface area contributed by atoms with E-state index in [-0.39, 0.29) is 0 Å². The molecule has 2 rings (SSSR count). The van der Waals surface area contributed by atoms with Crippen molar-refractivity contribution in [2.75, 3.05) is 51.7 Å². The topological polar surface area (TPSA) is 142 Å². The van der Waals surface area contributed by atoms with Crippen LogP contribution in [0.1, 0.15) is 20.8 Å². The van der Waals surface area contributed by atoms with E-state index in [9.17, 15) is 8.42 Å². The smallest absolute Gasteiger partial charge is 0.241 e. The minimum Gasteiger partial charge on any atom is -0.377 e. The molecule has 0 radical (unpaired) electrons. The van der Waals surface area contributed by atoms with Gasteiger partial charge >= 0.3 is 0 Å². The van der Waals surface area contributed by atoms with E-state index in [2.05, 4.69) is 25.5 Å². The van der Waals surface area contributed by atoms with Crippen molar-refractivity contribution >= 4 is 26.5 Å². The van der Waals surface area contributed by atoms with E-state index in [1.54, 1.807) is 6.07 Å². The molecule has 0 saturated carbocycles. The van der Waals surface area contributed by atoms with E-state index in [0.717, 1.165) is 47.1 Å². The molecule has 31 heavy (non-hydrogen) atoms. The van der Waals surface area contributed by atoms with Gasteiger partial charge in [-0.1, -0.05) is 24.3 Å². The SMILES string of the molecule is CC[N+](CC)(CC)CCNS(=O)(=O)c1cccc2c(N(C)C)cccc12.[O-][Cl+3]([O-])([O-])[O-]. The second kappa shape index (κ2) is 11.4. The average Bonchev–Trinajstić information content (AvgIpc) is 2.69. The number of hydrogen-bond donors (Lipinski definition) is 1. The zero-order valence-corrected chi connectivity index (χ0v) is 20.2. The minimum absolute atomic E-state index is 0.348. The number of likely N-dealkylation sites (N-methyl/N-ethyl adjacent to an activating group) is 1. The van der Waals surface area contributed by atoms with Crippen LogP contribution in [0.4, 0.5) is 5.69 Å². The summed E-state index contributed by atoms with van der Waals surface area (Å²) in [6.45, 7) is 10.8. The summed E-state index contributed by atoms with van der Waals surface area (Å²) in [6, 6.07) is 11.3. The number of rotatable bonds is 9. The second-order valence-corrected chi connectivity index (χ2v) is 9.80. The third-order valence-corrected chi connectivity index (χ3v) is 7.04. The Balaban J connectivity index is 0.000000861. The molecule has 0 saturated heterocycles. The van der Waals surface area contributed by atoms with Crippen molar-refractivity contribution in [1.82, 2.24) is 4.72 Å². The van der Waals surface area contributed by atoms with Crippen LogP contribution in [0.15, 0.2) is 41.3 Å². The Hall–Kier alpha value is -1.50. The Morgan fingerprint density at radius 1 is 0.903 bits per heavy atom. The maximum atomic E-state index is 12.9. The summed E-state index contributed by atoms with van der Waals surface area (Å²) in [5, 5.41) is 1.70. The number of halogens is 1. The predicted octanol–water partition coefficient (Wildman–Crippen LogP) is -1.70. The quantitative estimate of drug-likeness (QED) is 0.424. The van der Waals surface area contributed by atoms with Crippen LogP contribution in [0.2, 0.25) is 0 Å². The van der Waals surface area contributed by atoms with Gasteiger partial charge in [-0.15, -0.1) is 10.2 Å². The van der Waals surface area contributed by atoms with Gasteiger partial charge in [-0.2, -0.15) is 0 Å². The molecule has 176 valence electrons. The molecule has 11 heteroatoms. The molecule has 9 nitrogen and oxygen atoms in total. The van der Waals surface area contributed by atoms with Gasteiger partial charge in [-0.3, -0.25) is 0 Å². The minimum atomic E-state index is -4.94. The van der Waals surface area contributed by atoms with Gasteiger partial charge in [-0.05, 0) is 32.9 Å². The maximum Gasteiger partial charge on any atom is 0.241 e. The van der Waals surface area contributed by atoms with Gasteiger partial charge in [0.15, 0.2) is 0 Å². The molecule has 0 spiro atoms. The molecule has 0 aliphatic carbocycles. The van der Waals surface area contributed by atoms with Crippen LogP contribution < -0.4 is 28.3 Å². The monoisotopic (exact) mass is 477 g/mol. The second-order valence-electron chi connectivity index (χ2n) is 7.31. The fourth-order valence-corrected chi connectivity index (χ4v) is 4.77. The molecule has 1 N–H and O–H groups in total. The first-order chi connectivity index (χ1) is 14.3. The highest BCUT2D eigenvalue weighted by Gasteiger charge is 2.23. The Morgan fingerprint density at radius 3 is 1.87 bits per heavy atom. The van der Waals surface area contributed by atoms with E-state index < -0.39 is 20.3 Å². The number of nitrogens with zero attached hydrogens (tertiary/aromatic N) is 2. The lowest BCUT2D eigenvalue weighted by atomic mass is 10.1. The molecule has 2 aromatic carbocycles. The molecule has 2 aromatic rings. The number of quaternary nitrogens is 1. The molecule has 0 aliphatic rings. The highest BCUT2D eigenvalue weighted by Crippen LogP contribution is 2.30. The normalized spacial score (nSPS) is 12.4. The molecule has 0 aromatic heterocycles. The lowest BCUT2D eigenvalue weighted by Gasteiger charge is -2.35. The third-order valence-electron chi connectivity index (χ3n) is 5.52. The van der Waals surface area contributed by atoms with Crippen molar-refractivity contribution in [1.29, 1.82) is 0 Å². The Kier molecular flexibility index (Phi) is 10.1. The van der Waals surface area contributed by atoms with E-state index in [1.165, 1.54) is 0 Å². The van der Waals surface area contributed by atoms with E-state index in [1.807, 2.05) is 49.3 Å². The summed E-state index contributed by atoms with van der Waals surface area (Å²) in [7, 11) is -4.57. The number of benzene rings is 2. The molecule has 0 bridgehead atoms. The van der Waals surface area contributed by atoms with Gasteiger partial charge in [0.1, 0.15) is 0 Å². The molecule has 0 atom stereocenters. The maximum absolute atomic E-state index is 12.9. The van der Waals surface area contributed by atoms with Gasteiger partial charge < -0.3 is 9.38 Å². The zero-order chi connectivity index (χ0) is 23.9. The lowest BCUT2D eigenvalue weighted by molar-refractivity contribution is -2.00. The van der Waals surface area contributed by atoms with Crippen molar-refractivity contribution in [3.63, 3.8) is 0 Å². The van der Waals surface area contributed by atoms with Crippen molar-refractivity contribution in [3.05, 3.63) is 36.4 Å². The fourth-order valence-electron chi connectivity index (χ4n) is 3.53. The fraction of sp³-hybridized carbons (Fsp3) is 0.500. The number of nitrogens with one attached hydrogen (secondary N) is 1. The van der Waals surface area contributed by atoms with Gasteiger partial charge in [0, 0.05) is 30.6 Å². The Bertz CT molecular complexity index is 929. The van der Waals surface area contributed by atoms with Crippen LogP contribution in [-0.2, 0) is 10.0 Å². The first-order valence-electron chi connectivity index (χ1n) is 9.95.